The molecule has 3 aromatic rings. The van der Waals surface area contributed by atoms with Gasteiger partial charge in [-0.15, -0.1) is 0 Å². The number of nitrogens with one attached hydrogen (secondary N) is 2. The summed E-state index contributed by atoms with van der Waals surface area (Å²) in [7, 11) is 0. The molecule has 1 atom stereocenters. The summed E-state index contributed by atoms with van der Waals surface area (Å²) in [6, 6.07) is 16.2. The summed E-state index contributed by atoms with van der Waals surface area (Å²) in [5, 5.41) is 17.6. The molecule has 11 nitrogen and oxygen atoms in total. The maximum atomic E-state index is 13.1. The van der Waals surface area contributed by atoms with Gasteiger partial charge in [-0.25, -0.2) is 9.97 Å². The van der Waals surface area contributed by atoms with Gasteiger partial charge in [0.25, 0.3) is 5.91 Å². The fourth-order valence-electron chi connectivity index (χ4n) is 7.53. The van der Waals surface area contributed by atoms with Crippen LogP contribution in [0, 0.1) is 0 Å². The summed E-state index contributed by atoms with van der Waals surface area (Å²) in [5.41, 5.74) is 4.80. The molecule has 3 saturated heterocycles. The molecule has 252 valence electrons. The highest BCUT2D eigenvalue weighted by atomic mass is 16.3. The monoisotopic (exact) mass is 651 g/mol. The summed E-state index contributed by atoms with van der Waals surface area (Å²) >= 11 is 0. The lowest BCUT2D eigenvalue weighted by molar-refractivity contribution is -0.136. The van der Waals surface area contributed by atoms with E-state index in [0.29, 0.717) is 43.3 Å². The SMILES string of the molecule is CC(C)c1ccnc(NC2CCN(c3ccc(CN4CCC(O)(c5ccc6c(c5)CN(C5CCC(=O)NC5=O)C6=O)CC4)cc3)CC2)n1. The van der Waals surface area contributed by atoms with Crippen molar-refractivity contribution < 1.29 is 19.5 Å². The normalized spacial score (nSPS) is 21.8. The van der Waals surface area contributed by atoms with E-state index >= 15 is 0 Å². The van der Waals surface area contributed by atoms with Crippen LogP contribution in [0.25, 0.3) is 0 Å². The first kappa shape index (κ1) is 32.2. The third kappa shape index (κ3) is 6.66. The highest BCUT2D eigenvalue weighted by Crippen LogP contribution is 2.37. The van der Waals surface area contributed by atoms with Crippen LogP contribution in [0.3, 0.4) is 0 Å². The zero-order chi connectivity index (χ0) is 33.4. The second kappa shape index (κ2) is 13.3. The van der Waals surface area contributed by atoms with Crippen molar-refractivity contribution >= 4 is 29.4 Å². The van der Waals surface area contributed by atoms with Crippen molar-refractivity contribution in [2.24, 2.45) is 0 Å². The number of hydrogen-bond donors (Lipinski definition) is 3. The Balaban J connectivity index is 0.895. The van der Waals surface area contributed by atoms with Crippen LogP contribution in [0.2, 0.25) is 0 Å². The number of nitrogens with zero attached hydrogens (tertiary/aromatic N) is 5. The van der Waals surface area contributed by atoms with Crippen LogP contribution in [0.15, 0.2) is 54.7 Å². The molecule has 0 saturated carbocycles. The van der Waals surface area contributed by atoms with Crippen molar-refractivity contribution in [3.8, 4) is 0 Å². The third-order valence-electron chi connectivity index (χ3n) is 10.5. The molecule has 48 heavy (non-hydrogen) atoms. The van der Waals surface area contributed by atoms with Crippen molar-refractivity contribution in [3.63, 3.8) is 0 Å². The molecule has 3 N–H and O–H groups in total. The lowest BCUT2D eigenvalue weighted by Crippen LogP contribution is -2.52. The largest absolute Gasteiger partial charge is 0.385 e. The standard InChI is InChI=1S/C37H45N7O4/c1-24(2)31-11-16-38-36(40-31)39-28-12-17-43(18-13-28)29-6-3-25(4-7-29)22-42-19-14-37(48,15-20-42)27-5-8-30-26(21-27)23-44(35(30)47)32-9-10-33(45)41-34(32)46/h3-8,11,16,21,24,28,32,48H,9-10,12-15,17-20,22-23H2,1-2H3,(H,38,39,40)(H,41,45,46). The van der Waals surface area contributed by atoms with Crippen molar-refractivity contribution in [2.45, 2.75) is 89.1 Å². The number of hydrogen-bond acceptors (Lipinski definition) is 9. The second-order valence-electron chi connectivity index (χ2n) is 14.1. The van der Waals surface area contributed by atoms with Crippen LogP contribution >= 0.6 is 0 Å². The van der Waals surface area contributed by atoms with E-state index in [4.69, 9.17) is 0 Å². The summed E-state index contributed by atoms with van der Waals surface area (Å²) < 4.78 is 0. The van der Waals surface area contributed by atoms with Crippen molar-refractivity contribution in [2.75, 3.05) is 36.4 Å². The number of aliphatic hydroxyl groups is 1. The Morgan fingerprint density at radius 3 is 2.44 bits per heavy atom. The van der Waals surface area contributed by atoms with E-state index in [2.05, 4.69) is 68.5 Å². The zero-order valence-electron chi connectivity index (χ0n) is 27.8. The minimum absolute atomic E-state index is 0.196. The number of carbonyl (C=O) groups is 3. The van der Waals surface area contributed by atoms with E-state index in [0.717, 1.165) is 68.3 Å². The van der Waals surface area contributed by atoms with E-state index < -0.39 is 17.6 Å². The van der Waals surface area contributed by atoms with E-state index in [-0.39, 0.29) is 18.2 Å². The molecule has 7 rings (SSSR count). The summed E-state index contributed by atoms with van der Waals surface area (Å²) in [6.07, 6.45) is 5.67. The van der Waals surface area contributed by atoms with Crippen molar-refractivity contribution in [3.05, 3.63) is 82.7 Å². The molecule has 1 aromatic heterocycles. The molecular formula is C37H45N7O4. The minimum Gasteiger partial charge on any atom is -0.385 e. The first-order valence-electron chi connectivity index (χ1n) is 17.3. The Morgan fingerprint density at radius 1 is 0.979 bits per heavy atom. The summed E-state index contributed by atoms with van der Waals surface area (Å²) in [6.45, 7) is 8.93. The Morgan fingerprint density at radius 2 is 1.73 bits per heavy atom. The fourth-order valence-corrected chi connectivity index (χ4v) is 7.53. The van der Waals surface area contributed by atoms with Gasteiger partial charge in [0.1, 0.15) is 6.04 Å². The average Bonchev–Trinajstić information content (AvgIpc) is 3.42. The number of aromatic nitrogens is 2. The zero-order valence-corrected chi connectivity index (χ0v) is 27.8. The number of carbonyl (C=O) groups excluding carboxylic acids is 3. The number of piperidine rings is 3. The molecule has 11 heteroatoms. The van der Waals surface area contributed by atoms with Crippen LogP contribution in [0.5, 0.6) is 0 Å². The summed E-state index contributed by atoms with van der Waals surface area (Å²) in [4.78, 5) is 52.6. The molecule has 0 aliphatic carbocycles. The van der Waals surface area contributed by atoms with Crippen molar-refractivity contribution in [1.82, 2.24) is 25.1 Å². The Hall–Kier alpha value is -4.35. The molecule has 1 unspecified atom stereocenters. The van der Waals surface area contributed by atoms with Gasteiger partial charge >= 0.3 is 0 Å². The molecule has 3 fully saturated rings. The van der Waals surface area contributed by atoms with Gasteiger partial charge in [0.2, 0.25) is 17.8 Å². The molecular weight excluding hydrogens is 606 g/mol. The van der Waals surface area contributed by atoms with E-state index in [1.807, 2.05) is 24.4 Å². The molecule has 5 heterocycles. The number of fused-ring (bicyclic) bond motifs is 1. The van der Waals surface area contributed by atoms with Gasteiger partial charge in [-0.1, -0.05) is 38.1 Å². The van der Waals surface area contributed by atoms with E-state index in [1.54, 1.807) is 11.0 Å². The number of benzene rings is 2. The van der Waals surface area contributed by atoms with E-state index in [1.165, 1.54) is 11.3 Å². The van der Waals surface area contributed by atoms with Gasteiger partial charge in [0.15, 0.2) is 0 Å². The molecule has 0 bridgehead atoms. The maximum Gasteiger partial charge on any atom is 0.255 e. The topological polar surface area (TPSA) is 131 Å². The van der Waals surface area contributed by atoms with Gasteiger partial charge in [0.05, 0.1) is 5.60 Å². The molecule has 4 aliphatic heterocycles. The molecule has 0 spiro atoms. The number of rotatable bonds is 8. The van der Waals surface area contributed by atoms with Crippen LogP contribution in [0.1, 0.15) is 91.0 Å². The van der Waals surface area contributed by atoms with Gasteiger partial charge in [-0.3, -0.25) is 24.6 Å². The quantitative estimate of drug-likeness (QED) is 0.310. The predicted molar refractivity (Wildman–Crippen MR) is 182 cm³/mol. The number of imide groups is 1. The number of likely N-dealkylation sites (tertiary alicyclic amines) is 1. The van der Waals surface area contributed by atoms with Crippen LogP contribution in [0.4, 0.5) is 11.6 Å². The first-order valence-corrected chi connectivity index (χ1v) is 17.3. The van der Waals surface area contributed by atoms with Gasteiger partial charge in [-0.05, 0) is 79.0 Å². The third-order valence-corrected chi connectivity index (χ3v) is 10.5. The summed E-state index contributed by atoms with van der Waals surface area (Å²) in [5.74, 6) is 0.194. The minimum atomic E-state index is -0.967. The average molecular weight is 652 g/mol. The highest BCUT2D eigenvalue weighted by molar-refractivity contribution is 6.05. The molecule has 0 radical (unpaired) electrons. The lowest BCUT2D eigenvalue weighted by atomic mass is 9.83. The highest BCUT2D eigenvalue weighted by Gasteiger charge is 2.41. The van der Waals surface area contributed by atoms with Crippen LogP contribution in [-0.2, 0) is 28.3 Å². The van der Waals surface area contributed by atoms with Crippen LogP contribution in [-0.4, -0.2) is 80.9 Å². The Kier molecular flexibility index (Phi) is 8.91. The predicted octanol–water partition coefficient (Wildman–Crippen LogP) is 3.93. The van der Waals surface area contributed by atoms with Gasteiger partial charge < -0.3 is 20.2 Å². The smallest absolute Gasteiger partial charge is 0.255 e. The Labute approximate surface area is 281 Å². The van der Waals surface area contributed by atoms with Crippen molar-refractivity contribution in [1.29, 1.82) is 0 Å². The first-order chi connectivity index (χ1) is 23.1. The molecule has 3 amide bonds. The second-order valence-corrected chi connectivity index (χ2v) is 14.1. The Bertz CT molecular complexity index is 1680. The van der Waals surface area contributed by atoms with Gasteiger partial charge in [-0.2, -0.15) is 0 Å². The van der Waals surface area contributed by atoms with E-state index in [9.17, 15) is 19.5 Å². The lowest BCUT2D eigenvalue weighted by Gasteiger charge is -2.39. The fraction of sp³-hybridized carbons (Fsp3) is 0.486. The van der Waals surface area contributed by atoms with Crippen LogP contribution < -0.4 is 15.5 Å². The molecule has 2 aromatic carbocycles. The van der Waals surface area contributed by atoms with Gasteiger partial charge in [0, 0.05) is 74.9 Å². The number of anilines is 2. The maximum absolute atomic E-state index is 13.1. The molecule has 4 aliphatic rings. The number of amides is 3.